The molecule has 2 heterocycles. The summed E-state index contributed by atoms with van der Waals surface area (Å²) in [4.78, 5) is 10.4. The summed E-state index contributed by atoms with van der Waals surface area (Å²) in [7, 11) is 0. The monoisotopic (exact) mass is 290 g/mol. The molecule has 0 aliphatic rings. The van der Waals surface area contributed by atoms with Crippen LogP contribution in [0.25, 0.3) is 0 Å². The summed E-state index contributed by atoms with van der Waals surface area (Å²) in [5, 5.41) is 8.85. The fourth-order valence-corrected chi connectivity index (χ4v) is 2.69. The van der Waals surface area contributed by atoms with Crippen molar-refractivity contribution in [1.29, 1.82) is 0 Å². The Balaban J connectivity index is 2.07. The largest absolute Gasteiger partial charge is 0.370 e. The van der Waals surface area contributed by atoms with Gasteiger partial charge in [0.1, 0.15) is 17.5 Å². The molecule has 0 bridgehead atoms. The Bertz CT molecular complexity index is 551. The SMILES string of the molecule is CCCNc1cc(NCc2sccc2C)nc(CC)n1. The number of anilines is 2. The average molecular weight is 290 g/mol. The first kappa shape index (κ1) is 14.8. The second-order valence-electron chi connectivity index (χ2n) is 4.72. The fourth-order valence-electron chi connectivity index (χ4n) is 1.85. The number of rotatable bonds is 7. The normalized spacial score (nSPS) is 10.6. The van der Waals surface area contributed by atoms with Crippen LogP contribution in [0.3, 0.4) is 0 Å². The third-order valence-corrected chi connectivity index (χ3v) is 4.07. The molecular formula is C15H22N4S. The molecule has 0 radical (unpaired) electrons. The van der Waals surface area contributed by atoms with Gasteiger partial charge in [-0.05, 0) is 30.4 Å². The zero-order chi connectivity index (χ0) is 14.4. The molecule has 0 atom stereocenters. The minimum atomic E-state index is 0.816. The minimum absolute atomic E-state index is 0.816. The number of aryl methyl sites for hydroxylation is 2. The molecule has 0 saturated carbocycles. The Hall–Kier alpha value is -1.62. The topological polar surface area (TPSA) is 49.8 Å². The van der Waals surface area contributed by atoms with E-state index >= 15 is 0 Å². The van der Waals surface area contributed by atoms with E-state index in [1.54, 1.807) is 11.3 Å². The minimum Gasteiger partial charge on any atom is -0.370 e. The van der Waals surface area contributed by atoms with Crippen LogP contribution in [0.4, 0.5) is 11.6 Å². The predicted octanol–water partition coefficient (Wildman–Crippen LogP) is 3.84. The molecule has 0 unspecified atom stereocenters. The van der Waals surface area contributed by atoms with Crippen LogP contribution in [-0.2, 0) is 13.0 Å². The van der Waals surface area contributed by atoms with Crippen molar-refractivity contribution in [2.75, 3.05) is 17.2 Å². The van der Waals surface area contributed by atoms with E-state index in [4.69, 9.17) is 0 Å². The van der Waals surface area contributed by atoms with Gasteiger partial charge >= 0.3 is 0 Å². The lowest BCUT2D eigenvalue weighted by Gasteiger charge is -2.10. The van der Waals surface area contributed by atoms with E-state index in [1.807, 2.05) is 6.07 Å². The first-order valence-electron chi connectivity index (χ1n) is 7.11. The van der Waals surface area contributed by atoms with Crippen molar-refractivity contribution in [3.05, 3.63) is 33.8 Å². The van der Waals surface area contributed by atoms with E-state index in [-0.39, 0.29) is 0 Å². The van der Waals surface area contributed by atoms with Crippen LogP contribution in [0, 0.1) is 6.92 Å². The van der Waals surface area contributed by atoms with E-state index in [9.17, 15) is 0 Å². The highest BCUT2D eigenvalue weighted by Crippen LogP contribution is 2.18. The molecule has 0 spiro atoms. The molecule has 0 aromatic carbocycles. The molecule has 2 aromatic rings. The molecule has 2 rings (SSSR count). The van der Waals surface area contributed by atoms with Crippen LogP contribution in [0.1, 0.15) is 36.5 Å². The lowest BCUT2D eigenvalue weighted by Crippen LogP contribution is -2.08. The van der Waals surface area contributed by atoms with Crippen molar-refractivity contribution >= 4 is 23.0 Å². The molecule has 0 saturated heterocycles. The van der Waals surface area contributed by atoms with Crippen molar-refractivity contribution in [3.63, 3.8) is 0 Å². The zero-order valence-corrected chi connectivity index (χ0v) is 13.2. The maximum Gasteiger partial charge on any atom is 0.132 e. The molecule has 2 N–H and O–H groups in total. The van der Waals surface area contributed by atoms with Gasteiger partial charge in [-0.2, -0.15) is 0 Å². The summed E-state index contributed by atoms with van der Waals surface area (Å²) in [6.45, 7) is 8.11. The second-order valence-corrected chi connectivity index (χ2v) is 5.72. The van der Waals surface area contributed by atoms with E-state index in [2.05, 4.69) is 52.8 Å². The van der Waals surface area contributed by atoms with E-state index in [0.29, 0.717) is 0 Å². The van der Waals surface area contributed by atoms with Crippen LogP contribution < -0.4 is 10.6 Å². The summed E-state index contributed by atoms with van der Waals surface area (Å²) in [6.07, 6.45) is 1.93. The van der Waals surface area contributed by atoms with Crippen LogP contribution in [0.15, 0.2) is 17.5 Å². The van der Waals surface area contributed by atoms with Gasteiger partial charge in [0.05, 0.1) is 6.54 Å². The smallest absolute Gasteiger partial charge is 0.132 e. The number of aromatic nitrogens is 2. The quantitative estimate of drug-likeness (QED) is 0.813. The standard InChI is InChI=1S/C15H22N4S/c1-4-7-16-14-9-15(19-13(5-2)18-14)17-10-12-11(3)6-8-20-12/h6,8-9H,4-5,7,10H2,1-3H3,(H2,16,17,18,19). The fraction of sp³-hybridized carbons (Fsp3) is 0.467. The third kappa shape index (κ3) is 3.93. The average Bonchev–Trinajstić information content (AvgIpc) is 2.88. The van der Waals surface area contributed by atoms with Crippen molar-refractivity contribution in [2.24, 2.45) is 0 Å². The van der Waals surface area contributed by atoms with Gasteiger partial charge in [-0.3, -0.25) is 0 Å². The van der Waals surface area contributed by atoms with Gasteiger partial charge in [0.2, 0.25) is 0 Å². The first-order chi connectivity index (χ1) is 9.72. The van der Waals surface area contributed by atoms with Crippen molar-refractivity contribution in [1.82, 2.24) is 9.97 Å². The van der Waals surface area contributed by atoms with E-state index in [1.165, 1.54) is 10.4 Å². The summed E-state index contributed by atoms with van der Waals surface area (Å²) >= 11 is 1.78. The maximum absolute atomic E-state index is 4.53. The number of hydrogen-bond acceptors (Lipinski definition) is 5. The molecule has 0 aliphatic heterocycles. The third-order valence-electron chi connectivity index (χ3n) is 3.04. The highest BCUT2D eigenvalue weighted by atomic mass is 32.1. The lowest BCUT2D eigenvalue weighted by atomic mass is 10.3. The van der Waals surface area contributed by atoms with Gasteiger partial charge in [-0.25, -0.2) is 9.97 Å². The van der Waals surface area contributed by atoms with E-state index < -0.39 is 0 Å². The molecule has 4 nitrogen and oxygen atoms in total. The van der Waals surface area contributed by atoms with Gasteiger partial charge < -0.3 is 10.6 Å². The number of thiophene rings is 1. The second kappa shape index (κ2) is 7.24. The highest BCUT2D eigenvalue weighted by molar-refractivity contribution is 7.10. The predicted molar refractivity (Wildman–Crippen MR) is 86.6 cm³/mol. The van der Waals surface area contributed by atoms with Gasteiger partial charge in [-0.1, -0.05) is 13.8 Å². The molecule has 20 heavy (non-hydrogen) atoms. The Morgan fingerprint density at radius 1 is 1.15 bits per heavy atom. The van der Waals surface area contributed by atoms with Gasteiger partial charge in [0, 0.05) is 23.9 Å². The molecular weight excluding hydrogens is 268 g/mol. The highest BCUT2D eigenvalue weighted by Gasteiger charge is 2.05. The van der Waals surface area contributed by atoms with Gasteiger partial charge in [0.25, 0.3) is 0 Å². The van der Waals surface area contributed by atoms with Gasteiger partial charge in [0.15, 0.2) is 0 Å². The molecule has 108 valence electrons. The van der Waals surface area contributed by atoms with Crippen molar-refractivity contribution in [3.8, 4) is 0 Å². The molecule has 0 amide bonds. The molecule has 5 heteroatoms. The number of nitrogens with one attached hydrogen (secondary N) is 2. The first-order valence-corrected chi connectivity index (χ1v) is 7.99. The van der Waals surface area contributed by atoms with E-state index in [0.717, 1.165) is 43.4 Å². The molecule has 2 aromatic heterocycles. The Kier molecular flexibility index (Phi) is 5.35. The zero-order valence-electron chi connectivity index (χ0n) is 12.4. The summed E-state index contributed by atoms with van der Waals surface area (Å²) in [5.41, 5.74) is 1.33. The van der Waals surface area contributed by atoms with Crippen molar-refractivity contribution in [2.45, 2.75) is 40.2 Å². The molecule has 0 fully saturated rings. The summed E-state index contributed by atoms with van der Waals surface area (Å²) < 4.78 is 0. The summed E-state index contributed by atoms with van der Waals surface area (Å²) in [5.74, 6) is 2.67. The Labute approximate surface area is 124 Å². The van der Waals surface area contributed by atoms with Gasteiger partial charge in [-0.15, -0.1) is 11.3 Å². The molecule has 0 aliphatic carbocycles. The maximum atomic E-state index is 4.53. The van der Waals surface area contributed by atoms with Crippen molar-refractivity contribution < 1.29 is 0 Å². The van der Waals surface area contributed by atoms with Crippen LogP contribution in [0.5, 0.6) is 0 Å². The Morgan fingerprint density at radius 3 is 2.50 bits per heavy atom. The number of nitrogens with zero attached hydrogens (tertiary/aromatic N) is 2. The summed E-state index contributed by atoms with van der Waals surface area (Å²) in [6, 6.07) is 4.13. The number of hydrogen-bond donors (Lipinski definition) is 2. The van der Waals surface area contributed by atoms with Crippen LogP contribution in [0.2, 0.25) is 0 Å². The van der Waals surface area contributed by atoms with Crippen LogP contribution in [-0.4, -0.2) is 16.5 Å². The lowest BCUT2D eigenvalue weighted by molar-refractivity contribution is 0.913. The Morgan fingerprint density at radius 2 is 1.90 bits per heavy atom. The van der Waals surface area contributed by atoms with Crippen LogP contribution >= 0.6 is 11.3 Å².